The molecule has 62 valence electrons. The second-order valence-corrected chi connectivity index (χ2v) is 1.86. The van der Waals surface area contributed by atoms with E-state index in [4.69, 9.17) is 0 Å². The van der Waals surface area contributed by atoms with Crippen molar-refractivity contribution in [2.45, 2.75) is 13.3 Å². The van der Waals surface area contributed by atoms with E-state index in [1.54, 1.807) is 6.92 Å². The Morgan fingerprint density at radius 1 is 1.18 bits per heavy atom. The summed E-state index contributed by atoms with van der Waals surface area (Å²) < 4.78 is 35.1. The average molecular weight is 162 g/mol. The molecule has 0 nitrogen and oxygen atoms in total. The van der Waals surface area contributed by atoms with Gasteiger partial charge in [0.2, 0.25) is 0 Å². The van der Waals surface area contributed by atoms with E-state index in [2.05, 4.69) is 0 Å². The van der Waals surface area contributed by atoms with Crippen LogP contribution in [-0.2, 0) is 0 Å². The fraction of sp³-hybridized carbons (Fsp3) is 0.250. The number of hydrogen-bond acceptors (Lipinski definition) is 0. The van der Waals surface area contributed by atoms with Gasteiger partial charge in [-0.05, 0) is 18.1 Å². The molecule has 0 aliphatic carbocycles. The maximum atomic E-state index is 12.0. The molecule has 0 spiro atoms. The van der Waals surface area contributed by atoms with Crippen LogP contribution in [-0.4, -0.2) is 0 Å². The highest BCUT2D eigenvalue weighted by atomic mass is 19.2. The lowest BCUT2D eigenvalue weighted by atomic mass is 10.2. The molecule has 0 unspecified atom stereocenters. The van der Waals surface area contributed by atoms with E-state index in [-0.39, 0.29) is 6.33 Å². The first-order valence-corrected chi connectivity index (χ1v) is 3.17. The molecule has 3 heteroatoms. The maximum absolute atomic E-state index is 12.0. The van der Waals surface area contributed by atoms with Crippen molar-refractivity contribution in [2.24, 2.45) is 0 Å². The lowest BCUT2D eigenvalue weighted by molar-refractivity contribution is 0.606. The number of allylic oxidation sites excluding steroid dienone is 4. The molecule has 0 heterocycles. The molecular formula is C8H9F3. The lowest BCUT2D eigenvalue weighted by Crippen LogP contribution is -1.71. The predicted octanol–water partition coefficient (Wildman–Crippen LogP) is 3.59. The zero-order valence-electron chi connectivity index (χ0n) is 6.15. The fourth-order valence-corrected chi connectivity index (χ4v) is 0.454. The second kappa shape index (κ2) is 5.77. The minimum atomic E-state index is -1.02. The monoisotopic (exact) mass is 162 g/mol. The Kier molecular flexibility index (Phi) is 5.25. The van der Waals surface area contributed by atoms with Gasteiger partial charge in [0.05, 0.1) is 6.33 Å². The quantitative estimate of drug-likeness (QED) is 0.556. The summed E-state index contributed by atoms with van der Waals surface area (Å²) in [6.45, 7) is 1.72. The topological polar surface area (TPSA) is 0 Å². The zero-order chi connectivity index (χ0) is 8.69. The van der Waals surface area contributed by atoms with Crippen molar-refractivity contribution >= 4 is 0 Å². The molecule has 0 saturated heterocycles. The molecule has 0 atom stereocenters. The molecule has 0 saturated carbocycles. The van der Waals surface area contributed by atoms with Gasteiger partial charge in [0, 0.05) is 0 Å². The maximum Gasteiger partial charge on any atom is 0.151 e. The van der Waals surface area contributed by atoms with Crippen molar-refractivity contribution in [3.8, 4) is 0 Å². The molecule has 0 aromatic rings. The van der Waals surface area contributed by atoms with E-state index in [0.29, 0.717) is 18.3 Å². The minimum Gasteiger partial charge on any atom is -0.215 e. The highest BCUT2D eigenvalue weighted by molar-refractivity contribution is 5.22. The Morgan fingerprint density at radius 2 is 1.82 bits per heavy atom. The van der Waals surface area contributed by atoms with E-state index in [1.165, 1.54) is 6.08 Å². The summed E-state index contributed by atoms with van der Waals surface area (Å²) in [6.07, 6.45) is 2.69. The standard InChI is InChI=1S/C8H9F3/c1-2-7(5-9)3-4-8(11)6-10/h3-6H,2H2,1H3/b4-3-,7-5+,8-6-. The average Bonchev–Trinajstić information content (AvgIpc) is 2.06. The zero-order valence-corrected chi connectivity index (χ0v) is 6.15. The Morgan fingerprint density at radius 3 is 2.18 bits per heavy atom. The second-order valence-electron chi connectivity index (χ2n) is 1.86. The normalized spacial score (nSPS) is 14.5. The van der Waals surface area contributed by atoms with Crippen LogP contribution in [0.25, 0.3) is 0 Å². The number of halogens is 3. The van der Waals surface area contributed by atoms with E-state index in [9.17, 15) is 13.2 Å². The number of hydrogen-bond donors (Lipinski definition) is 0. The van der Waals surface area contributed by atoms with Gasteiger partial charge < -0.3 is 0 Å². The smallest absolute Gasteiger partial charge is 0.151 e. The van der Waals surface area contributed by atoms with Gasteiger partial charge >= 0.3 is 0 Å². The molecule has 0 aromatic carbocycles. The minimum absolute atomic E-state index is 0.179. The van der Waals surface area contributed by atoms with Crippen molar-refractivity contribution in [2.75, 3.05) is 0 Å². The van der Waals surface area contributed by atoms with Crippen LogP contribution >= 0.6 is 0 Å². The molecule has 0 radical (unpaired) electrons. The Hall–Kier alpha value is -0.990. The third-order valence-corrected chi connectivity index (χ3v) is 1.11. The van der Waals surface area contributed by atoms with Crippen molar-refractivity contribution in [1.82, 2.24) is 0 Å². The van der Waals surface area contributed by atoms with Gasteiger partial charge in [-0.1, -0.05) is 13.0 Å². The van der Waals surface area contributed by atoms with Gasteiger partial charge in [0.15, 0.2) is 5.83 Å². The summed E-state index contributed by atoms with van der Waals surface area (Å²) >= 11 is 0. The van der Waals surface area contributed by atoms with Crippen molar-refractivity contribution in [1.29, 1.82) is 0 Å². The van der Waals surface area contributed by atoms with Crippen molar-refractivity contribution in [3.63, 3.8) is 0 Å². The highest BCUT2D eigenvalue weighted by Crippen LogP contribution is 2.06. The predicted molar refractivity (Wildman–Crippen MR) is 38.9 cm³/mol. The van der Waals surface area contributed by atoms with Gasteiger partial charge in [-0.2, -0.15) is 0 Å². The van der Waals surface area contributed by atoms with Crippen LogP contribution in [0.4, 0.5) is 13.2 Å². The van der Waals surface area contributed by atoms with Crippen LogP contribution in [0, 0.1) is 0 Å². The van der Waals surface area contributed by atoms with Crippen LogP contribution in [0.2, 0.25) is 0 Å². The summed E-state index contributed by atoms with van der Waals surface area (Å²) in [4.78, 5) is 0. The largest absolute Gasteiger partial charge is 0.215 e. The molecular weight excluding hydrogens is 153 g/mol. The SMILES string of the molecule is CCC(/C=C\C(F)=C\F)=C\F. The summed E-state index contributed by atoms with van der Waals surface area (Å²) in [6, 6.07) is 0. The van der Waals surface area contributed by atoms with Gasteiger partial charge in [0.25, 0.3) is 0 Å². The molecule has 11 heavy (non-hydrogen) atoms. The molecule has 0 bridgehead atoms. The molecule has 0 aliphatic rings. The first-order chi connectivity index (χ1) is 5.24. The van der Waals surface area contributed by atoms with Crippen molar-refractivity contribution < 1.29 is 13.2 Å². The van der Waals surface area contributed by atoms with Crippen LogP contribution in [0.1, 0.15) is 13.3 Å². The molecule has 0 aliphatic heterocycles. The van der Waals surface area contributed by atoms with E-state index < -0.39 is 5.83 Å². The summed E-state index contributed by atoms with van der Waals surface area (Å²) in [5.74, 6) is -1.02. The Bertz CT molecular complexity index is 190. The van der Waals surface area contributed by atoms with Crippen molar-refractivity contribution in [3.05, 3.63) is 36.2 Å². The van der Waals surface area contributed by atoms with Crippen LogP contribution in [0.3, 0.4) is 0 Å². The van der Waals surface area contributed by atoms with Crippen LogP contribution < -0.4 is 0 Å². The fourth-order valence-electron chi connectivity index (χ4n) is 0.454. The third-order valence-electron chi connectivity index (χ3n) is 1.11. The Labute approximate surface area is 63.7 Å². The Balaban J connectivity index is 4.12. The van der Waals surface area contributed by atoms with E-state index in [1.807, 2.05) is 0 Å². The lowest BCUT2D eigenvalue weighted by Gasteiger charge is -1.89. The third kappa shape index (κ3) is 4.42. The van der Waals surface area contributed by atoms with Crippen LogP contribution in [0.15, 0.2) is 36.2 Å². The molecule has 0 amide bonds. The molecule has 0 fully saturated rings. The van der Waals surface area contributed by atoms with Gasteiger partial charge in [-0.15, -0.1) is 0 Å². The first kappa shape index (κ1) is 10.0. The molecule has 0 N–H and O–H groups in total. The summed E-state index contributed by atoms with van der Waals surface area (Å²) in [5, 5.41) is 0. The van der Waals surface area contributed by atoms with Crippen LogP contribution in [0.5, 0.6) is 0 Å². The van der Waals surface area contributed by atoms with Gasteiger partial charge in [0.1, 0.15) is 6.33 Å². The van der Waals surface area contributed by atoms with E-state index >= 15 is 0 Å². The summed E-state index contributed by atoms with van der Waals surface area (Å²) in [5.41, 5.74) is 0.321. The van der Waals surface area contributed by atoms with E-state index in [0.717, 1.165) is 6.08 Å². The van der Waals surface area contributed by atoms with Gasteiger partial charge in [-0.25, -0.2) is 13.2 Å². The first-order valence-electron chi connectivity index (χ1n) is 3.17. The number of rotatable bonds is 3. The summed E-state index contributed by atoms with van der Waals surface area (Å²) in [7, 11) is 0. The molecule has 0 aromatic heterocycles. The van der Waals surface area contributed by atoms with Gasteiger partial charge in [-0.3, -0.25) is 0 Å². The molecule has 0 rings (SSSR count). The highest BCUT2D eigenvalue weighted by Gasteiger charge is 1.88.